The molecule has 0 amide bonds. The fourth-order valence-electron chi connectivity index (χ4n) is 1.22. The maximum Gasteiger partial charge on any atom is 0.0409 e. The van der Waals surface area contributed by atoms with Gasteiger partial charge >= 0.3 is 0 Å². The van der Waals surface area contributed by atoms with Crippen LogP contribution in [0.4, 0.5) is 0 Å². The number of nitrogens with one attached hydrogen (secondary N) is 1. The molecule has 1 nitrogen and oxygen atoms in total. The highest BCUT2D eigenvalue weighted by Gasteiger charge is 2.20. The summed E-state index contributed by atoms with van der Waals surface area (Å²) in [6.45, 7) is 0.948. The van der Waals surface area contributed by atoms with Crippen LogP contribution >= 0.6 is 34.2 Å². The second-order valence-corrected chi connectivity index (χ2v) is 4.99. The summed E-state index contributed by atoms with van der Waals surface area (Å²) < 4.78 is 1.29. The smallest absolute Gasteiger partial charge is 0.0409 e. The van der Waals surface area contributed by atoms with E-state index in [1.165, 1.54) is 22.0 Å². The van der Waals surface area contributed by atoms with E-state index in [4.69, 9.17) is 11.6 Å². The molecule has 0 saturated heterocycles. The SMILES string of the molecule is Clc1ccc(I)c(CNC2CC2)c1. The summed E-state index contributed by atoms with van der Waals surface area (Å²) in [5.41, 5.74) is 1.31. The first-order valence-corrected chi connectivity index (χ1v) is 5.88. The van der Waals surface area contributed by atoms with Crippen LogP contribution in [0.2, 0.25) is 5.02 Å². The van der Waals surface area contributed by atoms with Crippen molar-refractivity contribution >= 4 is 34.2 Å². The Morgan fingerprint density at radius 1 is 1.46 bits per heavy atom. The van der Waals surface area contributed by atoms with Gasteiger partial charge in [0.05, 0.1) is 0 Å². The van der Waals surface area contributed by atoms with E-state index in [0.29, 0.717) is 0 Å². The van der Waals surface area contributed by atoms with E-state index in [9.17, 15) is 0 Å². The third-order valence-electron chi connectivity index (χ3n) is 2.17. The molecule has 0 aliphatic heterocycles. The highest BCUT2D eigenvalue weighted by Crippen LogP contribution is 2.22. The Balaban J connectivity index is 2.03. The molecule has 0 bridgehead atoms. The fraction of sp³-hybridized carbons (Fsp3) is 0.400. The first-order valence-electron chi connectivity index (χ1n) is 4.43. The molecule has 1 aliphatic carbocycles. The second kappa shape index (κ2) is 4.15. The van der Waals surface area contributed by atoms with Gasteiger partial charge in [0, 0.05) is 21.2 Å². The molecular formula is C10H11ClIN. The minimum atomic E-state index is 0.759. The Labute approximate surface area is 97.0 Å². The average Bonchev–Trinajstić information content (AvgIpc) is 2.90. The molecule has 2 rings (SSSR count). The van der Waals surface area contributed by atoms with E-state index >= 15 is 0 Å². The normalized spacial score (nSPS) is 16.2. The quantitative estimate of drug-likeness (QED) is 0.846. The van der Waals surface area contributed by atoms with Gasteiger partial charge in [-0.2, -0.15) is 0 Å². The maximum atomic E-state index is 5.92. The first-order chi connectivity index (χ1) is 6.25. The number of benzene rings is 1. The molecule has 3 heteroatoms. The lowest BCUT2D eigenvalue weighted by atomic mass is 10.2. The summed E-state index contributed by atoms with van der Waals surface area (Å²) in [5, 5.41) is 4.30. The van der Waals surface area contributed by atoms with Gasteiger partial charge in [-0.3, -0.25) is 0 Å². The molecule has 70 valence electrons. The van der Waals surface area contributed by atoms with Crippen LogP contribution in [-0.4, -0.2) is 6.04 Å². The van der Waals surface area contributed by atoms with Crippen molar-refractivity contribution in [1.29, 1.82) is 0 Å². The van der Waals surface area contributed by atoms with Gasteiger partial charge in [0.2, 0.25) is 0 Å². The zero-order valence-electron chi connectivity index (χ0n) is 7.19. The molecule has 1 aromatic rings. The Bertz CT molecular complexity index is 310. The molecule has 0 aromatic heterocycles. The van der Waals surface area contributed by atoms with Gasteiger partial charge in [-0.25, -0.2) is 0 Å². The molecular weight excluding hydrogens is 296 g/mol. The van der Waals surface area contributed by atoms with Crippen LogP contribution in [0.25, 0.3) is 0 Å². The van der Waals surface area contributed by atoms with E-state index < -0.39 is 0 Å². The predicted molar refractivity (Wildman–Crippen MR) is 64.0 cm³/mol. The van der Waals surface area contributed by atoms with Crippen LogP contribution in [0, 0.1) is 3.57 Å². The fourth-order valence-corrected chi connectivity index (χ4v) is 1.94. The highest BCUT2D eigenvalue weighted by atomic mass is 127. The van der Waals surface area contributed by atoms with Gasteiger partial charge in [-0.05, 0) is 59.2 Å². The Kier molecular flexibility index (Phi) is 3.11. The lowest BCUT2D eigenvalue weighted by molar-refractivity contribution is 0.686. The molecule has 0 heterocycles. The van der Waals surface area contributed by atoms with Gasteiger partial charge in [0.25, 0.3) is 0 Å². The van der Waals surface area contributed by atoms with Crippen molar-refractivity contribution < 1.29 is 0 Å². The van der Waals surface area contributed by atoms with Gasteiger partial charge in [-0.1, -0.05) is 11.6 Å². The Morgan fingerprint density at radius 3 is 2.92 bits per heavy atom. The number of rotatable bonds is 3. The van der Waals surface area contributed by atoms with Crippen molar-refractivity contribution in [1.82, 2.24) is 5.32 Å². The van der Waals surface area contributed by atoms with Gasteiger partial charge in [0.1, 0.15) is 0 Å². The van der Waals surface area contributed by atoms with Crippen LogP contribution in [0.3, 0.4) is 0 Å². The standard InChI is InChI=1S/C10H11ClIN/c11-8-1-4-10(12)7(5-8)6-13-9-2-3-9/h1,4-5,9,13H,2-3,6H2. The zero-order chi connectivity index (χ0) is 9.26. The average molecular weight is 308 g/mol. The summed E-state index contributed by atoms with van der Waals surface area (Å²) in [6, 6.07) is 6.80. The number of hydrogen-bond acceptors (Lipinski definition) is 1. The second-order valence-electron chi connectivity index (χ2n) is 3.39. The summed E-state index contributed by atoms with van der Waals surface area (Å²) >= 11 is 8.26. The Hall–Kier alpha value is 0.200. The predicted octanol–water partition coefficient (Wildman–Crippen LogP) is 3.20. The van der Waals surface area contributed by atoms with Crippen molar-refractivity contribution in [3.05, 3.63) is 32.4 Å². The zero-order valence-corrected chi connectivity index (χ0v) is 10.1. The molecule has 0 spiro atoms. The van der Waals surface area contributed by atoms with Crippen LogP contribution in [0.5, 0.6) is 0 Å². The molecule has 1 aromatic carbocycles. The topological polar surface area (TPSA) is 12.0 Å². The minimum absolute atomic E-state index is 0.759. The third-order valence-corrected chi connectivity index (χ3v) is 3.45. The molecule has 1 saturated carbocycles. The van der Waals surface area contributed by atoms with Crippen molar-refractivity contribution in [3.63, 3.8) is 0 Å². The summed E-state index contributed by atoms with van der Waals surface area (Å²) in [6.07, 6.45) is 2.66. The van der Waals surface area contributed by atoms with Crippen molar-refractivity contribution in [2.45, 2.75) is 25.4 Å². The number of hydrogen-bond donors (Lipinski definition) is 1. The molecule has 1 N–H and O–H groups in total. The molecule has 0 radical (unpaired) electrons. The van der Waals surface area contributed by atoms with E-state index in [-0.39, 0.29) is 0 Å². The Morgan fingerprint density at radius 2 is 2.23 bits per heavy atom. The van der Waals surface area contributed by atoms with E-state index in [2.05, 4.69) is 34.0 Å². The van der Waals surface area contributed by atoms with E-state index in [1.54, 1.807) is 0 Å². The minimum Gasteiger partial charge on any atom is -0.310 e. The maximum absolute atomic E-state index is 5.92. The summed E-state index contributed by atoms with van der Waals surface area (Å²) in [7, 11) is 0. The lowest BCUT2D eigenvalue weighted by Gasteiger charge is -2.05. The molecule has 1 aliphatic rings. The molecule has 0 atom stereocenters. The third kappa shape index (κ3) is 2.82. The molecule has 1 fully saturated rings. The highest BCUT2D eigenvalue weighted by molar-refractivity contribution is 14.1. The number of halogens is 2. The van der Waals surface area contributed by atoms with Crippen LogP contribution in [0.1, 0.15) is 18.4 Å². The largest absolute Gasteiger partial charge is 0.310 e. The van der Waals surface area contributed by atoms with Crippen LogP contribution in [-0.2, 0) is 6.54 Å². The van der Waals surface area contributed by atoms with E-state index in [0.717, 1.165) is 17.6 Å². The van der Waals surface area contributed by atoms with E-state index in [1.807, 2.05) is 12.1 Å². The molecule has 13 heavy (non-hydrogen) atoms. The van der Waals surface area contributed by atoms with Gasteiger partial charge in [0.15, 0.2) is 0 Å². The van der Waals surface area contributed by atoms with Gasteiger partial charge in [-0.15, -0.1) is 0 Å². The van der Waals surface area contributed by atoms with Gasteiger partial charge < -0.3 is 5.32 Å². The summed E-state index contributed by atoms with van der Waals surface area (Å²) in [5.74, 6) is 0. The lowest BCUT2D eigenvalue weighted by Crippen LogP contribution is -2.15. The van der Waals surface area contributed by atoms with Crippen LogP contribution in [0.15, 0.2) is 18.2 Å². The van der Waals surface area contributed by atoms with Crippen molar-refractivity contribution in [3.8, 4) is 0 Å². The molecule has 0 unspecified atom stereocenters. The van der Waals surface area contributed by atoms with Crippen molar-refractivity contribution in [2.24, 2.45) is 0 Å². The monoisotopic (exact) mass is 307 g/mol. The van der Waals surface area contributed by atoms with Crippen molar-refractivity contribution in [2.75, 3.05) is 0 Å². The first kappa shape index (κ1) is 9.74. The summed E-state index contributed by atoms with van der Waals surface area (Å²) in [4.78, 5) is 0. The van der Waals surface area contributed by atoms with Crippen LogP contribution < -0.4 is 5.32 Å².